The van der Waals surface area contributed by atoms with Gasteiger partial charge in [-0.2, -0.15) is 0 Å². The third kappa shape index (κ3) is 3.08. The van der Waals surface area contributed by atoms with Gasteiger partial charge in [-0.05, 0) is 18.2 Å². The second-order valence-electron chi connectivity index (χ2n) is 3.19. The van der Waals surface area contributed by atoms with Crippen molar-refractivity contribution in [3.05, 3.63) is 34.9 Å². The second kappa shape index (κ2) is 5.33. The predicted molar refractivity (Wildman–Crippen MR) is 63.4 cm³/mol. The lowest BCUT2D eigenvalue weighted by molar-refractivity contribution is 0.515. The highest BCUT2D eigenvalue weighted by Crippen LogP contribution is 2.22. The number of alkyl halides is 1. The molecule has 2 aromatic rings. The summed E-state index contributed by atoms with van der Waals surface area (Å²) in [4.78, 5) is 0. The molecule has 0 spiro atoms. The van der Waals surface area contributed by atoms with Crippen molar-refractivity contribution >= 4 is 34.9 Å². The molecule has 0 bridgehead atoms. The molecule has 0 saturated carbocycles. The van der Waals surface area contributed by atoms with E-state index in [-0.39, 0.29) is 11.7 Å². The molecule has 1 aromatic heterocycles. The lowest BCUT2D eigenvalue weighted by Gasteiger charge is -2.02. The number of nitrogens with one attached hydrogen (secondary N) is 1. The molecule has 0 saturated heterocycles. The number of nitrogens with zero attached hydrogens (tertiary/aromatic N) is 2. The summed E-state index contributed by atoms with van der Waals surface area (Å²) in [6.07, 6.45) is 0.467. The van der Waals surface area contributed by atoms with E-state index in [1.807, 2.05) is 0 Å². The molecule has 0 fully saturated rings. The van der Waals surface area contributed by atoms with Gasteiger partial charge in [-0.15, -0.1) is 16.7 Å². The fourth-order valence-corrected chi connectivity index (χ4v) is 1.53. The molecule has 7 heteroatoms. The van der Waals surface area contributed by atoms with Crippen LogP contribution in [0.1, 0.15) is 5.89 Å². The van der Waals surface area contributed by atoms with E-state index in [2.05, 4.69) is 15.5 Å². The quantitative estimate of drug-likeness (QED) is 0.869. The maximum atomic E-state index is 13.4. The first kappa shape index (κ1) is 12.1. The Morgan fingerprint density at radius 1 is 1.35 bits per heavy atom. The molecule has 0 atom stereocenters. The molecule has 4 nitrogen and oxygen atoms in total. The van der Waals surface area contributed by atoms with E-state index < -0.39 is 5.82 Å². The number of hydrogen-bond acceptors (Lipinski definition) is 4. The molecule has 90 valence electrons. The Labute approximate surface area is 107 Å². The Balaban J connectivity index is 2.16. The van der Waals surface area contributed by atoms with Gasteiger partial charge in [0.2, 0.25) is 5.89 Å². The van der Waals surface area contributed by atoms with E-state index in [9.17, 15) is 4.39 Å². The zero-order valence-corrected chi connectivity index (χ0v) is 10.1. The molecule has 1 N–H and O–H groups in total. The first-order valence-corrected chi connectivity index (χ1v) is 5.70. The van der Waals surface area contributed by atoms with Crippen molar-refractivity contribution in [3.63, 3.8) is 0 Å². The van der Waals surface area contributed by atoms with Crippen molar-refractivity contribution in [1.29, 1.82) is 0 Å². The monoisotopic (exact) mass is 275 g/mol. The maximum absolute atomic E-state index is 13.4. The molecule has 17 heavy (non-hydrogen) atoms. The van der Waals surface area contributed by atoms with Crippen LogP contribution in [0.4, 0.5) is 16.1 Å². The molecular formula is C10H8Cl2FN3O. The largest absolute Gasteiger partial charge is 0.408 e. The number of aryl methyl sites for hydroxylation is 1. The van der Waals surface area contributed by atoms with Gasteiger partial charge in [-0.25, -0.2) is 4.39 Å². The van der Waals surface area contributed by atoms with Crippen molar-refractivity contribution in [2.24, 2.45) is 0 Å². The van der Waals surface area contributed by atoms with Gasteiger partial charge in [0.1, 0.15) is 5.82 Å². The summed E-state index contributed by atoms with van der Waals surface area (Å²) in [5.74, 6) is 0.323. The normalized spacial score (nSPS) is 10.5. The molecule has 0 amide bonds. The van der Waals surface area contributed by atoms with Crippen LogP contribution in [0.5, 0.6) is 0 Å². The smallest absolute Gasteiger partial charge is 0.320 e. The van der Waals surface area contributed by atoms with Gasteiger partial charge >= 0.3 is 6.01 Å². The molecule has 0 unspecified atom stereocenters. The zero-order chi connectivity index (χ0) is 12.3. The summed E-state index contributed by atoms with van der Waals surface area (Å²) in [5, 5.41) is 10.5. The van der Waals surface area contributed by atoms with Crippen molar-refractivity contribution in [2.45, 2.75) is 6.42 Å². The molecule has 0 aliphatic heterocycles. The van der Waals surface area contributed by atoms with Gasteiger partial charge in [0.25, 0.3) is 0 Å². The van der Waals surface area contributed by atoms with Crippen molar-refractivity contribution in [3.8, 4) is 0 Å². The van der Waals surface area contributed by atoms with Crippen LogP contribution in [0, 0.1) is 5.82 Å². The van der Waals surface area contributed by atoms with Crippen LogP contribution >= 0.6 is 23.2 Å². The summed E-state index contributed by atoms with van der Waals surface area (Å²) in [5.41, 5.74) is 0.179. The predicted octanol–water partition coefficient (Wildman–Crippen LogP) is 3.39. The molecular weight excluding hydrogens is 268 g/mol. The average Bonchev–Trinajstić information content (AvgIpc) is 2.72. The van der Waals surface area contributed by atoms with E-state index in [0.29, 0.717) is 23.2 Å². The molecule has 1 heterocycles. The van der Waals surface area contributed by atoms with Gasteiger partial charge < -0.3 is 9.73 Å². The minimum absolute atomic E-state index is 0.103. The summed E-state index contributed by atoms with van der Waals surface area (Å²) in [6.45, 7) is 0. The summed E-state index contributed by atoms with van der Waals surface area (Å²) < 4.78 is 18.6. The van der Waals surface area contributed by atoms with Crippen molar-refractivity contribution < 1.29 is 8.81 Å². The molecule has 2 rings (SSSR count). The number of benzene rings is 1. The molecule has 0 aliphatic rings. The van der Waals surface area contributed by atoms with Gasteiger partial charge in [-0.3, -0.25) is 0 Å². The standard InChI is InChI=1S/C10H8Cl2FN3O/c11-4-3-9-15-16-10(17-9)14-8-5-6(12)1-2-7(8)13/h1-2,5H,3-4H2,(H,14,16). The lowest BCUT2D eigenvalue weighted by atomic mass is 10.3. The number of anilines is 2. The minimum atomic E-state index is -0.452. The summed E-state index contributed by atoms with van der Waals surface area (Å²) in [6, 6.07) is 4.24. The molecule has 0 radical (unpaired) electrons. The SMILES string of the molecule is Fc1ccc(Cl)cc1Nc1nnc(CCCl)o1. The van der Waals surface area contributed by atoms with Gasteiger partial charge in [0, 0.05) is 17.3 Å². The molecule has 1 aromatic carbocycles. The first-order chi connectivity index (χ1) is 8.19. The summed E-state index contributed by atoms with van der Waals surface area (Å²) in [7, 11) is 0. The number of rotatable bonds is 4. The van der Waals surface area contributed by atoms with Crippen molar-refractivity contribution in [2.75, 3.05) is 11.2 Å². The fourth-order valence-electron chi connectivity index (χ4n) is 1.19. The third-order valence-corrected chi connectivity index (χ3v) is 2.37. The maximum Gasteiger partial charge on any atom is 0.320 e. The highest BCUT2D eigenvalue weighted by atomic mass is 35.5. The lowest BCUT2D eigenvalue weighted by Crippen LogP contribution is -1.93. The van der Waals surface area contributed by atoms with Crippen LogP contribution in [0.15, 0.2) is 22.6 Å². The van der Waals surface area contributed by atoms with Gasteiger partial charge in [0.15, 0.2) is 0 Å². The van der Waals surface area contributed by atoms with Crippen LogP contribution in [0.2, 0.25) is 5.02 Å². The molecule has 0 aliphatic carbocycles. The van der Waals surface area contributed by atoms with E-state index in [1.54, 1.807) is 0 Å². The van der Waals surface area contributed by atoms with Gasteiger partial charge in [0.05, 0.1) is 5.69 Å². The minimum Gasteiger partial charge on any atom is -0.408 e. The van der Waals surface area contributed by atoms with E-state index in [0.717, 1.165) is 0 Å². The Morgan fingerprint density at radius 2 is 2.18 bits per heavy atom. The Hall–Kier alpha value is -1.33. The zero-order valence-electron chi connectivity index (χ0n) is 8.58. The third-order valence-electron chi connectivity index (χ3n) is 1.95. The van der Waals surface area contributed by atoms with Crippen LogP contribution < -0.4 is 5.32 Å². The van der Waals surface area contributed by atoms with Crippen LogP contribution in [-0.2, 0) is 6.42 Å². The number of halogens is 3. The van der Waals surface area contributed by atoms with Crippen molar-refractivity contribution in [1.82, 2.24) is 10.2 Å². The highest BCUT2D eigenvalue weighted by Gasteiger charge is 2.09. The fraction of sp³-hybridized carbons (Fsp3) is 0.200. The highest BCUT2D eigenvalue weighted by molar-refractivity contribution is 6.30. The Morgan fingerprint density at radius 3 is 2.94 bits per heavy atom. The van der Waals surface area contributed by atoms with Crippen LogP contribution in [0.25, 0.3) is 0 Å². The van der Waals surface area contributed by atoms with Crippen LogP contribution in [-0.4, -0.2) is 16.1 Å². The van der Waals surface area contributed by atoms with E-state index in [4.69, 9.17) is 27.6 Å². The second-order valence-corrected chi connectivity index (χ2v) is 4.00. The van der Waals surface area contributed by atoms with E-state index >= 15 is 0 Å². The van der Waals surface area contributed by atoms with E-state index in [1.165, 1.54) is 18.2 Å². The Kier molecular flexibility index (Phi) is 3.81. The first-order valence-electron chi connectivity index (χ1n) is 4.79. The number of aromatic nitrogens is 2. The van der Waals surface area contributed by atoms with Crippen LogP contribution in [0.3, 0.4) is 0 Å². The Bertz CT molecular complexity index is 518. The van der Waals surface area contributed by atoms with Gasteiger partial charge in [-0.1, -0.05) is 16.7 Å². The average molecular weight is 276 g/mol. The topological polar surface area (TPSA) is 51.0 Å². The summed E-state index contributed by atoms with van der Waals surface area (Å²) >= 11 is 11.3. The number of hydrogen-bond donors (Lipinski definition) is 1.